The minimum absolute atomic E-state index is 0.0131. The molecule has 1 amide bonds. The van der Waals surface area contributed by atoms with Gasteiger partial charge in [0.1, 0.15) is 0 Å². The monoisotopic (exact) mass is 514 g/mol. The van der Waals surface area contributed by atoms with Crippen LogP contribution in [0.15, 0.2) is 0 Å². The van der Waals surface area contributed by atoms with Crippen molar-refractivity contribution >= 4 is 33.7 Å². The van der Waals surface area contributed by atoms with Crippen LogP contribution in [0.25, 0.3) is 0 Å². The third kappa shape index (κ3) is 10.1. The second-order valence-corrected chi connectivity index (χ2v) is 11.1. The lowest BCUT2D eigenvalue weighted by Crippen LogP contribution is -2.30. The van der Waals surface area contributed by atoms with Crippen LogP contribution >= 0.6 is 0 Å². The summed E-state index contributed by atoms with van der Waals surface area (Å²) in [6, 6.07) is 0. The fourth-order valence-corrected chi connectivity index (χ4v) is 4.31. The van der Waals surface area contributed by atoms with E-state index >= 15 is 0 Å². The molecule has 0 unspecified atom stereocenters. The second kappa shape index (κ2) is 13.2. The molecule has 1 aromatic rings. The lowest BCUT2D eigenvalue weighted by atomic mass is 9.90. The van der Waals surface area contributed by atoms with Gasteiger partial charge in [-0.2, -0.15) is 8.42 Å². The van der Waals surface area contributed by atoms with E-state index in [1.807, 2.05) is 34.6 Å². The summed E-state index contributed by atoms with van der Waals surface area (Å²) in [6.45, 7) is 13.8. The highest BCUT2D eigenvalue weighted by molar-refractivity contribution is 7.79. The molecular formula is C25H42N2O7S. The molecule has 4 N–H and O–H groups in total. The number of carbonyl (C=O) groups excluding carboxylic acids is 1. The maximum absolute atomic E-state index is 12.8. The van der Waals surface area contributed by atoms with Gasteiger partial charge in [0.15, 0.2) is 0 Å². The number of carboxylic acids is 1. The largest absolute Gasteiger partial charge is 0.481 e. The Hall–Kier alpha value is -2.17. The number of nitrogens with zero attached hydrogens (tertiary/aromatic N) is 1. The van der Waals surface area contributed by atoms with Crippen molar-refractivity contribution in [1.82, 2.24) is 0 Å². The summed E-state index contributed by atoms with van der Waals surface area (Å²) in [5.74, 6) is -0.875. The summed E-state index contributed by atoms with van der Waals surface area (Å²) in [4.78, 5) is 26.7. The van der Waals surface area contributed by atoms with Crippen LogP contribution in [0.2, 0.25) is 0 Å². The molecule has 1 aliphatic heterocycles. The molecule has 9 nitrogen and oxygen atoms in total. The van der Waals surface area contributed by atoms with Gasteiger partial charge in [-0.1, -0.05) is 59.8 Å². The number of carbonyl (C=O) groups is 2. The highest BCUT2D eigenvalue weighted by atomic mass is 32.3. The van der Waals surface area contributed by atoms with E-state index in [1.54, 1.807) is 0 Å². The number of unbranched alkanes of at least 4 members (excludes halogenated alkanes) is 5. The first kappa shape index (κ1) is 30.9. The van der Waals surface area contributed by atoms with Crippen LogP contribution in [0.4, 0.5) is 11.4 Å². The highest BCUT2D eigenvalue weighted by Gasteiger charge is 2.31. The average molecular weight is 515 g/mol. The highest BCUT2D eigenvalue weighted by Crippen LogP contribution is 2.43. The normalized spacial score (nSPS) is 13.2. The Morgan fingerprint density at radius 3 is 2.06 bits per heavy atom. The van der Waals surface area contributed by atoms with E-state index < -0.39 is 21.8 Å². The van der Waals surface area contributed by atoms with Gasteiger partial charge in [-0.05, 0) is 48.9 Å². The van der Waals surface area contributed by atoms with Crippen LogP contribution in [0.5, 0.6) is 0 Å². The number of carboxylic acid groups (broad SMARTS) is 1. The van der Waals surface area contributed by atoms with Crippen molar-refractivity contribution in [3.8, 4) is 0 Å². The number of benzene rings is 1. The summed E-state index contributed by atoms with van der Waals surface area (Å²) in [5, 5.41) is 12.6. The minimum atomic E-state index is -4.67. The van der Waals surface area contributed by atoms with Gasteiger partial charge in [-0.25, -0.2) is 0 Å². The lowest BCUT2D eigenvalue weighted by molar-refractivity contribution is -0.136. The summed E-state index contributed by atoms with van der Waals surface area (Å²) in [5.41, 5.74) is 5.42. The molecule has 0 saturated carbocycles. The van der Waals surface area contributed by atoms with Crippen molar-refractivity contribution in [1.29, 1.82) is 0 Å². The first-order valence-electron chi connectivity index (χ1n) is 12.2. The zero-order valence-electron chi connectivity index (χ0n) is 21.9. The zero-order chi connectivity index (χ0) is 27.0. The third-order valence-corrected chi connectivity index (χ3v) is 6.23. The van der Waals surface area contributed by atoms with Crippen LogP contribution in [-0.2, 0) is 32.8 Å². The predicted molar refractivity (Wildman–Crippen MR) is 139 cm³/mol. The van der Waals surface area contributed by atoms with Gasteiger partial charge in [-0.3, -0.25) is 18.7 Å². The van der Waals surface area contributed by atoms with E-state index in [0.717, 1.165) is 54.0 Å². The van der Waals surface area contributed by atoms with Crippen LogP contribution in [0, 0.1) is 19.3 Å². The molecular weight excluding hydrogens is 472 g/mol. The molecule has 1 aromatic carbocycles. The summed E-state index contributed by atoms with van der Waals surface area (Å²) < 4.78 is 31.6. The smallest absolute Gasteiger partial charge is 0.394 e. The summed E-state index contributed by atoms with van der Waals surface area (Å²) in [7, 11) is -4.67. The molecule has 2 rings (SSSR count). The molecule has 200 valence electrons. The molecule has 0 atom stereocenters. The number of fused-ring (bicyclic) bond motifs is 1. The van der Waals surface area contributed by atoms with Gasteiger partial charge in [0.25, 0.3) is 0 Å². The number of hydrogen-bond donors (Lipinski definition) is 4. The summed E-state index contributed by atoms with van der Waals surface area (Å²) >= 11 is 0. The zero-order valence-corrected chi connectivity index (χ0v) is 22.7. The van der Waals surface area contributed by atoms with Crippen molar-refractivity contribution in [2.75, 3.05) is 23.3 Å². The molecule has 35 heavy (non-hydrogen) atoms. The van der Waals surface area contributed by atoms with Crippen molar-refractivity contribution in [2.45, 2.75) is 92.9 Å². The molecule has 0 saturated heterocycles. The van der Waals surface area contributed by atoms with E-state index in [4.69, 9.17) is 17.5 Å². The Morgan fingerprint density at radius 1 is 1.00 bits per heavy atom. The Balaban J connectivity index is 0.00000111. The number of rotatable bonds is 10. The molecule has 0 radical (unpaired) electrons. The van der Waals surface area contributed by atoms with Crippen molar-refractivity contribution < 1.29 is 32.2 Å². The first-order chi connectivity index (χ1) is 16.1. The topological polar surface area (TPSA) is 144 Å². The third-order valence-electron chi connectivity index (χ3n) is 6.23. The number of amides is 1. The quantitative estimate of drug-likeness (QED) is 0.253. The Labute approximate surface area is 209 Å². The molecule has 1 heterocycles. The Morgan fingerprint density at radius 2 is 1.54 bits per heavy atom. The standard InChI is InChI=1S/C25H40N2O3.H2O4S/c1-7-8-9-10-11-12-14-27-15-13-19-17(2)20(16-21(28)29)18(3)22(23(19)27)26-24(30)25(4,5)6;1-5(2,3)4/h7-16H2,1-6H3,(H,26,30)(H,28,29);(H2,1,2,3,4). The van der Waals surface area contributed by atoms with Gasteiger partial charge in [-0.15, -0.1) is 0 Å². The van der Waals surface area contributed by atoms with Crippen molar-refractivity contribution in [2.24, 2.45) is 5.41 Å². The van der Waals surface area contributed by atoms with Gasteiger partial charge in [0.2, 0.25) is 5.91 Å². The van der Waals surface area contributed by atoms with E-state index in [0.29, 0.717) is 0 Å². The maximum atomic E-state index is 12.8. The maximum Gasteiger partial charge on any atom is 0.394 e. The lowest BCUT2D eigenvalue weighted by Gasteiger charge is -2.28. The van der Waals surface area contributed by atoms with Gasteiger partial charge >= 0.3 is 16.4 Å². The average Bonchev–Trinajstić information content (AvgIpc) is 3.12. The fraction of sp³-hybridized carbons (Fsp3) is 0.680. The molecule has 10 heteroatoms. The van der Waals surface area contributed by atoms with E-state index in [-0.39, 0.29) is 12.3 Å². The van der Waals surface area contributed by atoms with E-state index in [9.17, 15) is 14.7 Å². The molecule has 1 aliphatic rings. The second-order valence-electron chi connectivity index (χ2n) is 10.2. The van der Waals surface area contributed by atoms with Crippen LogP contribution < -0.4 is 10.2 Å². The molecule has 0 aromatic heterocycles. The SMILES string of the molecule is CCCCCCCCN1CCc2c(C)c(CC(=O)O)c(C)c(NC(=O)C(C)(C)C)c21.O=S(=O)(O)O. The van der Waals surface area contributed by atoms with Gasteiger partial charge < -0.3 is 15.3 Å². The number of nitrogens with one attached hydrogen (secondary N) is 1. The molecule has 0 spiro atoms. The number of aliphatic carboxylic acids is 1. The molecule has 0 bridgehead atoms. The number of hydrogen-bond acceptors (Lipinski definition) is 5. The van der Waals surface area contributed by atoms with Gasteiger partial charge in [0, 0.05) is 18.5 Å². The van der Waals surface area contributed by atoms with Crippen LogP contribution in [0.3, 0.4) is 0 Å². The van der Waals surface area contributed by atoms with Crippen molar-refractivity contribution in [3.05, 3.63) is 22.3 Å². The fourth-order valence-electron chi connectivity index (χ4n) is 4.31. The number of anilines is 2. The Bertz CT molecular complexity index is 990. The van der Waals surface area contributed by atoms with E-state index in [2.05, 4.69) is 17.1 Å². The minimum Gasteiger partial charge on any atom is -0.481 e. The first-order valence-corrected chi connectivity index (χ1v) is 13.6. The Kier molecular flexibility index (Phi) is 11.7. The summed E-state index contributed by atoms with van der Waals surface area (Å²) in [6.07, 6.45) is 8.40. The van der Waals surface area contributed by atoms with Crippen LogP contribution in [0.1, 0.15) is 88.5 Å². The van der Waals surface area contributed by atoms with Crippen LogP contribution in [-0.4, -0.2) is 47.6 Å². The van der Waals surface area contributed by atoms with Gasteiger partial charge in [0.05, 0.1) is 17.8 Å². The van der Waals surface area contributed by atoms with E-state index in [1.165, 1.54) is 37.7 Å². The van der Waals surface area contributed by atoms with Crippen molar-refractivity contribution in [3.63, 3.8) is 0 Å². The predicted octanol–water partition coefficient (Wildman–Crippen LogP) is 4.99. The molecule has 0 aliphatic carbocycles. The molecule has 0 fully saturated rings.